The molecular weight excluding hydrogens is 459 g/mol. The van der Waals surface area contributed by atoms with Gasteiger partial charge in [0.25, 0.3) is 5.91 Å². The summed E-state index contributed by atoms with van der Waals surface area (Å²) in [5.74, 6) is -0.792. The van der Waals surface area contributed by atoms with Gasteiger partial charge in [-0.25, -0.2) is 4.68 Å². The van der Waals surface area contributed by atoms with Crippen LogP contribution in [0.25, 0.3) is 5.69 Å². The monoisotopic (exact) mass is 485 g/mol. The molecule has 4 rings (SSSR count). The number of nitrogens with zero attached hydrogens (tertiary/aromatic N) is 4. The van der Waals surface area contributed by atoms with Gasteiger partial charge in [-0.3, -0.25) is 9.59 Å². The summed E-state index contributed by atoms with van der Waals surface area (Å²) in [6, 6.07) is 11.4. The topological polar surface area (TPSA) is 70.5 Å². The molecule has 1 saturated heterocycles. The van der Waals surface area contributed by atoms with Crippen LogP contribution in [0.1, 0.15) is 27.3 Å². The highest BCUT2D eigenvalue weighted by atomic mass is 19.4. The molecule has 1 aliphatic heterocycles. The van der Waals surface area contributed by atoms with Crippen LogP contribution in [0.2, 0.25) is 0 Å². The number of carbonyl (C=O) groups is 1. The lowest BCUT2D eigenvalue weighted by Gasteiger charge is -2.35. The summed E-state index contributed by atoms with van der Waals surface area (Å²) in [4.78, 5) is 30.0. The molecule has 1 fully saturated rings. The van der Waals surface area contributed by atoms with E-state index < -0.39 is 28.8 Å². The Morgan fingerprint density at radius 3 is 2.31 bits per heavy atom. The molecule has 3 aromatic rings. The zero-order chi connectivity index (χ0) is 25.3. The first-order valence-corrected chi connectivity index (χ1v) is 11.2. The Bertz CT molecular complexity index is 1310. The van der Waals surface area contributed by atoms with Crippen LogP contribution in [-0.4, -0.2) is 53.8 Å². The number of rotatable bonds is 4. The third-order valence-corrected chi connectivity index (χ3v) is 6.06. The van der Waals surface area contributed by atoms with E-state index in [-0.39, 0.29) is 11.4 Å². The van der Waals surface area contributed by atoms with Gasteiger partial charge in [-0.05, 0) is 56.8 Å². The molecule has 0 saturated carbocycles. The number of benzene rings is 2. The summed E-state index contributed by atoms with van der Waals surface area (Å²) >= 11 is 0. The molecule has 0 atom stereocenters. The number of anilines is 2. The van der Waals surface area contributed by atoms with Crippen molar-refractivity contribution in [3.05, 3.63) is 81.3 Å². The minimum atomic E-state index is -4.63. The smallest absolute Gasteiger partial charge is 0.369 e. The number of amides is 1. The highest BCUT2D eigenvalue weighted by Gasteiger charge is 2.34. The van der Waals surface area contributed by atoms with Gasteiger partial charge in [0.05, 0.1) is 11.3 Å². The quantitative estimate of drug-likeness (QED) is 0.608. The molecule has 0 bridgehead atoms. The summed E-state index contributed by atoms with van der Waals surface area (Å²) < 4.78 is 41.6. The molecule has 184 valence electrons. The summed E-state index contributed by atoms with van der Waals surface area (Å²) in [5.41, 5.74) is 0.320. The first kappa shape index (κ1) is 24.5. The molecule has 35 heavy (non-hydrogen) atoms. The fourth-order valence-electron chi connectivity index (χ4n) is 4.17. The molecule has 10 heteroatoms. The number of likely N-dealkylation sites (N-methyl/N-ethyl adjacent to an activating group) is 1. The maximum absolute atomic E-state index is 13.5. The van der Waals surface area contributed by atoms with Gasteiger partial charge < -0.3 is 15.1 Å². The summed E-state index contributed by atoms with van der Waals surface area (Å²) in [5, 5.41) is 6.67. The maximum atomic E-state index is 13.5. The minimum absolute atomic E-state index is 0.177. The lowest BCUT2D eigenvalue weighted by atomic mass is 10.1. The molecule has 2 heterocycles. The van der Waals surface area contributed by atoms with Crippen molar-refractivity contribution < 1.29 is 18.0 Å². The number of halogens is 3. The molecule has 0 spiro atoms. The van der Waals surface area contributed by atoms with Crippen molar-refractivity contribution in [3.8, 4) is 5.69 Å². The molecule has 0 radical (unpaired) electrons. The number of nitrogens with one attached hydrogen (secondary N) is 1. The molecule has 1 N–H and O–H groups in total. The average Bonchev–Trinajstić information content (AvgIpc) is 2.79. The molecule has 1 aromatic heterocycles. The summed E-state index contributed by atoms with van der Waals surface area (Å²) in [6.07, 6.45) is -4.63. The van der Waals surface area contributed by atoms with E-state index in [9.17, 15) is 22.8 Å². The molecule has 0 aliphatic carbocycles. The Kier molecular flexibility index (Phi) is 6.66. The number of para-hydroxylation sites is 1. The first-order valence-electron chi connectivity index (χ1n) is 11.2. The van der Waals surface area contributed by atoms with E-state index in [2.05, 4.69) is 27.3 Å². The van der Waals surface area contributed by atoms with E-state index in [1.165, 1.54) is 25.1 Å². The predicted octanol–water partition coefficient (Wildman–Crippen LogP) is 3.87. The number of hydrogen-bond acceptors (Lipinski definition) is 5. The fraction of sp³-hybridized carbons (Fsp3) is 0.320. The Morgan fingerprint density at radius 1 is 0.971 bits per heavy atom. The maximum Gasteiger partial charge on any atom is 0.418 e. The number of hydrogen-bond donors (Lipinski definition) is 1. The first-order chi connectivity index (χ1) is 16.5. The predicted molar refractivity (Wildman–Crippen MR) is 128 cm³/mol. The second-order valence-electron chi connectivity index (χ2n) is 8.67. The van der Waals surface area contributed by atoms with Crippen molar-refractivity contribution in [1.29, 1.82) is 0 Å². The number of piperazine rings is 1. The largest absolute Gasteiger partial charge is 0.418 e. The van der Waals surface area contributed by atoms with Crippen LogP contribution >= 0.6 is 0 Å². The van der Waals surface area contributed by atoms with Crippen LogP contribution in [0.3, 0.4) is 0 Å². The van der Waals surface area contributed by atoms with Gasteiger partial charge in [-0.15, -0.1) is 0 Å². The second kappa shape index (κ2) is 9.53. The standard InChI is InChI=1S/C25H26F3N5O2/c1-16-14-18(8-9-20(16)32-12-10-31(3)11-13-32)29-24(35)23-22(34)15-17(2)33(30-23)21-7-5-4-6-19(21)25(26,27)28/h4-9,14-15H,10-13H2,1-3H3,(H,29,35). The van der Waals surface area contributed by atoms with Crippen molar-refractivity contribution in [2.45, 2.75) is 20.0 Å². The van der Waals surface area contributed by atoms with Crippen molar-refractivity contribution in [3.63, 3.8) is 0 Å². The van der Waals surface area contributed by atoms with Gasteiger partial charge in [0, 0.05) is 49.3 Å². The second-order valence-corrected chi connectivity index (χ2v) is 8.67. The molecule has 1 aliphatic rings. The van der Waals surface area contributed by atoms with Crippen LogP contribution in [0.5, 0.6) is 0 Å². The molecule has 1 amide bonds. The lowest BCUT2D eigenvalue weighted by Crippen LogP contribution is -2.44. The zero-order valence-corrected chi connectivity index (χ0v) is 19.7. The van der Waals surface area contributed by atoms with Crippen LogP contribution in [0, 0.1) is 13.8 Å². The van der Waals surface area contributed by atoms with Gasteiger partial charge in [-0.2, -0.15) is 18.3 Å². The number of aryl methyl sites for hydroxylation is 2. The van der Waals surface area contributed by atoms with E-state index in [4.69, 9.17) is 0 Å². The number of aromatic nitrogens is 2. The number of alkyl halides is 3. The van der Waals surface area contributed by atoms with Crippen LogP contribution in [-0.2, 0) is 6.18 Å². The van der Waals surface area contributed by atoms with Crippen LogP contribution in [0.4, 0.5) is 24.5 Å². The molecule has 0 unspecified atom stereocenters. The number of carbonyl (C=O) groups excluding carboxylic acids is 1. The van der Waals surface area contributed by atoms with Crippen LogP contribution in [0.15, 0.2) is 53.3 Å². The Labute approximate surface area is 200 Å². The van der Waals surface area contributed by atoms with Gasteiger partial charge in [-0.1, -0.05) is 12.1 Å². The van der Waals surface area contributed by atoms with E-state index >= 15 is 0 Å². The van der Waals surface area contributed by atoms with E-state index in [0.717, 1.165) is 54.2 Å². The van der Waals surface area contributed by atoms with E-state index in [0.29, 0.717) is 5.69 Å². The van der Waals surface area contributed by atoms with Crippen molar-refractivity contribution in [2.75, 3.05) is 43.4 Å². The molecular formula is C25H26F3N5O2. The lowest BCUT2D eigenvalue weighted by molar-refractivity contribution is -0.137. The fourth-order valence-corrected chi connectivity index (χ4v) is 4.17. The van der Waals surface area contributed by atoms with E-state index in [1.807, 2.05) is 13.0 Å². The van der Waals surface area contributed by atoms with Gasteiger partial charge in [0.1, 0.15) is 0 Å². The third kappa shape index (κ3) is 5.22. The minimum Gasteiger partial charge on any atom is -0.369 e. The summed E-state index contributed by atoms with van der Waals surface area (Å²) in [7, 11) is 2.08. The highest BCUT2D eigenvalue weighted by Crippen LogP contribution is 2.33. The Hall–Kier alpha value is -3.66. The van der Waals surface area contributed by atoms with Crippen LogP contribution < -0.4 is 15.6 Å². The van der Waals surface area contributed by atoms with Crippen molar-refractivity contribution >= 4 is 17.3 Å². The third-order valence-electron chi connectivity index (χ3n) is 6.06. The molecule has 7 nitrogen and oxygen atoms in total. The highest BCUT2D eigenvalue weighted by molar-refractivity contribution is 6.02. The normalized spacial score (nSPS) is 14.7. The Morgan fingerprint density at radius 2 is 1.66 bits per heavy atom. The van der Waals surface area contributed by atoms with Gasteiger partial charge in [0.15, 0.2) is 5.69 Å². The summed E-state index contributed by atoms with van der Waals surface area (Å²) in [6.45, 7) is 7.12. The van der Waals surface area contributed by atoms with E-state index in [1.54, 1.807) is 12.1 Å². The van der Waals surface area contributed by atoms with Crippen molar-refractivity contribution in [2.24, 2.45) is 0 Å². The van der Waals surface area contributed by atoms with Gasteiger partial charge in [0.2, 0.25) is 5.43 Å². The SMILES string of the molecule is Cc1cc(NC(=O)c2nn(-c3ccccc3C(F)(F)F)c(C)cc2=O)ccc1N1CCN(C)CC1. The van der Waals surface area contributed by atoms with Gasteiger partial charge >= 0.3 is 6.18 Å². The molecule has 2 aromatic carbocycles. The Balaban J connectivity index is 1.62. The van der Waals surface area contributed by atoms with Crippen molar-refractivity contribution in [1.82, 2.24) is 14.7 Å². The zero-order valence-electron chi connectivity index (χ0n) is 19.7. The average molecular weight is 486 g/mol.